The molecule has 0 amide bonds. The molecule has 0 saturated carbocycles. The predicted molar refractivity (Wildman–Crippen MR) is 76.7 cm³/mol. The summed E-state index contributed by atoms with van der Waals surface area (Å²) in [4.78, 5) is 4.06. The van der Waals surface area contributed by atoms with E-state index in [4.69, 9.17) is 16.3 Å². The van der Waals surface area contributed by atoms with Crippen LogP contribution in [0.5, 0.6) is 5.75 Å². The number of aromatic nitrogens is 1. The van der Waals surface area contributed by atoms with Crippen LogP contribution in [0.15, 0.2) is 36.5 Å². The minimum Gasteiger partial charge on any atom is -0.489 e. The van der Waals surface area contributed by atoms with Crippen molar-refractivity contribution in [3.63, 3.8) is 0 Å². The van der Waals surface area contributed by atoms with Gasteiger partial charge in [-0.3, -0.25) is 0 Å². The molecule has 2 aromatic rings. The van der Waals surface area contributed by atoms with Crippen molar-refractivity contribution < 1.29 is 4.74 Å². The second-order valence-corrected chi connectivity index (χ2v) is 5.27. The number of hydrogen-bond donors (Lipinski definition) is 0. The van der Waals surface area contributed by atoms with Crippen molar-refractivity contribution in [2.75, 3.05) is 0 Å². The Hall–Kier alpha value is -1.54. The summed E-state index contributed by atoms with van der Waals surface area (Å²) in [6.45, 7) is 0.542. The molecule has 1 aliphatic rings. The summed E-state index contributed by atoms with van der Waals surface area (Å²) in [5, 5.41) is 0.515. The summed E-state index contributed by atoms with van der Waals surface area (Å²) < 4.78 is 5.95. The summed E-state index contributed by atoms with van der Waals surface area (Å²) in [5.41, 5.74) is 3.87. The van der Waals surface area contributed by atoms with E-state index in [2.05, 4.69) is 23.2 Å². The van der Waals surface area contributed by atoms with Gasteiger partial charge in [0, 0.05) is 11.8 Å². The molecule has 0 unspecified atom stereocenters. The van der Waals surface area contributed by atoms with Crippen LogP contribution >= 0.6 is 11.6 Å². The van der Waals surface area contributed by atoms with Gasteiger partial charge in [-0.15, -0.1) is 0 Å². The van der Waals surface area contributed by atoms with E-state index in [1.165, 1.54) is 30.4 Å². The molecule has 0 fully saturated rings. The van der Waals surface area contributed by atoms with E-state index in [0.29, 0.717) is 11.8 Å². The Labute approximate surface area is 118 Å². The monoisotopic (exact) mass is 273 g/mol. The Bertz CT molecular complexity index is 565. The fraction of sp³-hybridized carbons (Fsp3) is 0.312. The van der Waals surface area contributed by atoms with Crippen molar-refractivity contribution in [1.29, 1.82) is 0 Å². The lowest BCUT2D eigenvalue weighted by atomic mass is 9.91. The lowest BCUT2D eigenvalue weighted by Gasteiger charge is -2.19. The first-order valence-electron chi connectivity index (χ1n) is 6.67. The van der Waals surface area contributed by atoms with Gasteiger partial charge >= 0.3 is 0 Å². The number of nitrogens with zero attached hydrogens (tertiary/aromatic N) is 1. The van der Waals surface area contributed by atoms with Crippen molar-refractivity contribution in [1.82, 2.24) is 4.98 Å². The smallest absolute Gasteiger partial charge is 0.129 e. The first kappa shape index (κ1) is 12.5. The van der Waals surface area contributed by atoms with Crippen LogP contribution in [0, 0.1) is 0 Å². The first-order valence-corrected chi connectivity index (χ1v) is 7.05. The van der Waals surface area contributed by atoms with E-state index >= 15 is 0 Å². The maximum atomic E-state index is 5.95. The van der Waals surface area contributed by atoms with E-state index in [9.17, 15) is 0 Å². The summed E-state index contributed by atoms with van der Waals surface area (Å²) in [5.74, 6) is 1.02. The highest BCUT2D eigenvalue weighted by atomic mass is 35.5. The molecule has 1 aromatic heterocycles. The van der Waals surface area contributed by atoms with Gasteiger partial charge in [0.25, 0.3) is 0 Å². The summed E-state index contributed by atoms with van der Waals surface area (Å²) in [6.07, 6.45) is 6.62. The predicted octanol–water partition coefficient (Wildman–Crippen LogP) is 4.19. The number of halogens is 1. The highest BCUT2D eigenvalue weighted by Crippen LogP contribution is 2.29. The average Bonchev–Trinajstić information content (AvgIpc) is 2.47. The highest BCUT2D eigenvalue weighted by molar-refractivity contribution is 6.29. The first-order chi connectivity index (χ1) is 9.33. The normalized spacial score (nSPS) is 13.9. The molecule has 3 heteroatoms. The molecule has 1 aromatic carbocycles. The van der Waals surface area contributed by atoms with Crippen molar-refractivity contribution in [2.45, 2.75) is 32.3 Å². The summed E-state index contributed by atoms with van der Waals surface area (Å²) in [7, 11) is 0. The quantitative estimate of drug-likeness (QED) is 0.782. The van der Waals surface area contributed by atoms with E-state index in [0.717, 1.165) is 17.7 Å². The van der Waals surface area contributed by atoms with E-state index in [-0.39, 0.29) is 0 Å². The van der Waals surface area contributed by atoms with Gasteiger partial charge in [-0.25, -0.2) is 4.98 Å². The zero-order valence-corrected chi connectivity index (χ0v) is 11.5. The van der Waals surface area contributed by atoms with Gasteiger partial charge in [0.2, 0.25) is 0 Å². The third-order valence-corrected chi connectivity index (χ3v) is 3.76. The molecule has 1 aliphatic carbocycles. The van der Waals surface area contributed by atoms with Gasteiger partial charge in [0.05, 0.1) is 0 Å². The third-order valence-electron chi connectivity index (χ3n) is 3.54. The Morgan fingerprint density at radius 2 is 2.00 bits per heavy atom. The van der Waals surface area contributed by atoms with Gasteiger partial charge < -0.3 is 4.74 Å². The molecule has 1 heterocycles. The molecule has 0 spiro atoms. The van der Waals surface area contributed by atoms with Crippen molar-refractivity contribution in [3.8, 4) is 5.75 Å². The minimum atomic E-state index is 0.515. The summed E-state index contributed by atoms with van der Waals surface area (Å²) in [6, 6.07) is 10.1. The maximum Gasteiger partial charge on any atom is 0.129 e. The number of hydrogen-bond acceptors (Lipinski definition) is 2. The van der Waals surface area contributed by atoms with Crippen molar-refractivity contribution in [3.05, 3.63) is 58.4 Å². The standard InChI is InChI=1S/C16H16ClNO/c17-16-9-8-12(10-18-16)11-19-15-7-3-5-13-4-1-2-6-14(13)15/h3,5,7-10H,1-2,4,6,11H2. The second-order valence-electron chi connectivity index (χ2n) is 4.88. The van der Waals surface area contributed by atoms with E-state index < -0.39 is 0 Å². The van der Waals surface area contributed by atoms with Crippen LogP contribution in [0.25, 0.3) is 0 Å². The van der Waals surface area contributed by atoms with E-state index in [1.807, 2.05) is 6.07 Å². The van der Waals surface area contributed by atoms with Crippen LogP contribution in [-0.4, -0.2) is 4.98 Å². The topological polar surface area (TPSA) is 22.1 Å². The fourth-order valence-corrected chi connectivity index (χ4v) is 2.65. The molecule has 0 bridgehead atoms. The van der Waals surface area contributed by atoms with Crippen LogP contribution in [-0.2, 0) is 19.4 Å². The van der Waals surface area contributed by atoms with Crippen LogP contribution in [0.2, 0.25) is 5.15 Å². The van der Waals surface area contributed by atoms with Gasteiger partial charge in [-0.05, 0) is 48.9 Å². The number of ether oxygens (including phenoxy) is 1. The Balaban J connectivity index is 1.75. The fourth-order valence-electron chi connectivity index (χ4n) is 2.53. The van der Waals surface area contributed by atoms with Crippen molar-refractivity contribution >= 4 is 11.6 Å². The second kappa shape index (κ2) is 5.62. The zero-order valence-electron chi connectivity index (χ0n) is 10.7. The average molecular weight is 274 g/mol. The van der Waals surface area contributed by atoms with Crippen LogP contribution in [0.1, 0.15) is 29.5 Å². The Morgan fingerprint density at radius 1 is 1.11 bits per heavy atom. The maximum absolute atomic E-state index is 5.95. The highest BCUT2D eigenvalue weighted by Gasteiger charge is 2.13. The molecular formula is C16H16ClNO. The number of fused-ring (bicyclic) bond motifs is 1. The van der Waals surface area contributed by atoms with E-state index in [1.54, 1.807) is 12.3 Å². The Morgan fingerprint density at radius 3 is 2.84 bits per heavy atom. The summed E-state index contributed by atoms with van der Waals surface area (Å²) >= 11 is 5.77. The minimum absolute atomic E-state index is 0.515. The molecule has 98 valence electrons. The van der Waals surface area contributed by atoms with Gasteiger partial charge in [0.1, 0.15) is 17.5 Å². The largest absolute Gasteiger partial charge is 0.489 e. The van der Waals surface area contributed by atoms with Gasteiger partial charge in [0.15, 0.2) is 0 Å². The Kier molecular flexibility index (Phi) is 3.69. The number of pyridine rings is 1. The molecule has 2 nitrogen and oxygen atoms in total. The molecule has 0 aliphatic heterocycles. The number of rotatable bonds is 3. The lowest BCUT2D eigenvalue weighted by Crippen LogP contribution is -2.06. The van der Waals surface area contributed by atoms with Crippen LogP contribution in [0.4, 0.5) is 0 Å². The van der Waals surface area contributed by atoms with Crippen LogP contribution < -0.4 is 4.74 Å². The van der Waals surface area contributed by atoms with Crippen LogP contribution in [0.3, 0.4) is 0 Å². The molecule has 19 heavy (non-hydrogen) atoms. The molecule has 0 atom stereocenters. The van der Waals surface area contributed by atoms with Gasteiger partial charge in [-0.1, -0.05) is 29.8 Å². The van der Waals surface area contributed by atoms with Gasteiger partial charge in [-0.2, -0.15) is 0 Å². The third kappa shape index (κ3) is 2.90. The molecule has 0 saturated heterocycles. The van der Waals surface area contributed by atoms with Crippen molar-refractivity contribution in [2.24, 2.45) is 0 Å². The molecule has 3 rings (SSSR count). The number of benzene rings is 1. The number of aryl methyl sites for hydroxylation is 1. The molecule has 0 radical (unpaired) electrons. The SMILES string of the molecule is Clc1ccc(COc2cccc3c2CCCC3)cn1. The lowest BCUT2D eigenvalue weighted by molar-refractivity contribution is 0.301. The molecular weight excluding hydrogens is 258 g/mol. The molecule has 0 N–H and O–H groups in total. The zero-order chi connectivity index (χ0) is 13.1.